The van der Waals surface area contributed by atoms with Gasteiger partial charge in [0, 0.05) is 23.1 Å². The summed E-state index contributed by atoms with van der Waals surface area (Å²) in [6.45, 7) is 3.29. The highest BCUT2D eigenvalue weighted by atomic mass is 127. The van der Waals surface area contributed by atoms with E-state index in [0.29, 0.717) is 11.8 Å². The molecule has 0 aromatic heterocycles. The summed E-state index contributed by atoms with van der Waals surface area (Å²) < 4.78 is 1.14. The van der Waals surface area contributed by atoms with Crippen LogP contribution in [0.2, 0.25) is 0 Å². The van der Waals surface area contributed by atoms with Crippen molar-refractivity contribution >= 4 is 28.4 Å². The third-order valence-electron chi connectivity index (χ3n) is 4.70. The zero-order chi connectivity index (χ0) is 13.7. The quantitative estimate of drug-likeness (QED) is 0.501. The molecular formula is C16H27IN2. The van der Waals surface area contributed by atoms with Gasteiger partial charge in [0.2, 0.25) is 0 Å². The summed E-state index contributed by atoms with van der Waals surface area (Å²) in [5, 5.41) is 8.46. The topological polar surface area (TPSA) is 27.1 Å². The molecule has 1 saturated carbocycles. The standard InChI is InChI=1S/C16H27IN2/c1-2-5-15-14(12-17)9-11-19(16(15)18)10-4-8-13-6-3-7-13/h9,11,13-15,18H,2-8,10,12H2,1H3. The second kappa shape index (κ2) is 7.65. The minimum absolute atomic E-state index is 0.454. The van der Waals surface area contributed by atoms with Crippen LogP contribution in [0.5, 0.6) is 0 Å². The lowest BCUT2D eigenvalue weighted by molar-refractivity contribution is 0.279. The van der Waals surface area contributed by atoms with Crippen LogP contribution in [0.15, 0.2) is 12.3 Å². The number of hydrogen-bond donors (Lipinski definition) is 1. The molecule has 0 aromatic rings. The van der Waals surface area contributed by atoms with Crippen LogP contribution in [-0.2, 0) is 0 Å². The molecular weight excluding hydrogens is 347 g/mol. The second-order valence-electron chi connectivity index (χ2n) is 6.07. The lowest BCUT2D eigenvalue weighted by Gasteiger charge is -2.35. The van der Waals surface area contributed by atoms with Gasteiger partial charge in [-0.05, 0) is 31.1 Å². The van der Waals surface area contributed by atoms with Crippen LogP contribution in [-0.4, -0.2) is 21.7 Å². The van der Waals surface area contributed by atoms with Gasteiger partial charge >= 0.3 is 0 Å². The fraction of sp³-hybridized carbons (Fsp3) is 0.812. The fourth-order valence-corrected chi connectivity index (χ4v) is 4.10. The van der Waals surface area contributed by atoms with Gasteiger partial charge in [0.25, 0.3) is 0 Å². The molecule has 0 spiro atoms. The molecule has 19 heavy (non-hydrogen) atoms. The number of nitrogens with zero attached hydrogens (tertiary/aromatic N) is 1. The first-order valence-corrected chi connectivity index (χ1v) is 9.38. The summed E-state index contributed by atoms with van der Waals surface area (Å²) >= 11 is 2.46. The number of alkyl halides is 1. The fourth-order valence-electron chi connectivity index (χ4n) is 3.19. The SMILES string of the molecule is CCCC1C(=N)N(CCCC2CCC2)C=CC1CI. The first kappa shape index (κ1) is 15.3. The molecule has 2 unspecified atom stereocenters. The molecule has 2 rings (SSSR count). The van der Waals surface area contributed by atoms with Crippen molar-refractivity contribution < 1.29 is 0 Å². The summed E-state index contributed by atoms with van der Waals surface area (Å²) in [4.78, 5) is 2.21. The van der Waals surface area contributed by atoms with E-state index in [1.165, 1.54) is 38.5 Å². The Balaban J connectivity index is 1.84. The highest BCUT2D eigenvalue weighted by Crippen LogP contribution is 2.31. The highest BCUT2D eigenvalue weighted by Gasteiger charge is 2.29. The van der Waals surface area contributed by atoms with Crippen molar-refractivity contribution in [3.63, 3.8) is 0 Å². The Morgan fingerprint density at radius 1 is 1.37 bits per heavy atom. The summed E-state index contributed by atoms with van der Waals surface area (Å²) in [7, 11) is 0. The van der Waals surface area contributed by atoms with E-state index in [2.05, 4.69) is 46.7 Å². The van der Waals surface area contributed by atoms with Crippen LogP contribution in [0.4, 0.5) is 0 Å². The summed E-state index contributed by atoms with van der Waals surface area (Å²) in [6.07, 6.45) is 13.8. The van der Waals surface area contributed by atoms with Gasteiger partial charge in [0.15, 0.2) is 0 Å². The van der Waals surface area contributed by atoms with Gasteiger partial charge in [0.1, 0.15) is 5.84 Å². The maximum absolute atomic E-state index is 8.46. The third-order valence-corrected chi connectivity index (χ3v) is 5.72. The van der Waals surface area contributed by atoms with Crippen molar-refractivity contribution in [2.75, 3.05) is 11.0 Å². The summed E-state index contributed by atoms with van der Waals surface area (Å²) in [5.41, 5.74) is 0. The third kappa shape index (κ3) is 3.96. The average molecular weight is 374 g/mol. The van der Waals surface area contributed by atoms with E-state index in [0.717, 1.165) is 29.1 Å². The minimum Gasteiger partial charge on any atom is -0.337 e. The first-order valence-electron chi connectivity index (χ1n) is 7.85. The van der Waals surface area contributed by atoms with Crippen LogP contribution in [0, 0.1) is 23.2 Å². The largest absolute Gasteiger partial charge is 0.337 e. The number of amidine groups is 1. The smallest absolute Gasteiger partial charge is 0.104 e. The number of nitrogens with one attached hydrogen (secondary N) is 1. The molecule has 2 aliphatic rings. The molecule has 3 heteroatoms. The number of rotatable bonds is 7. The molecule has 0 amide bonds. The van der Waals surface area contributed by atoms with Gasteiger partial charge in [0.05, 0.1) is 0 Å². The van der Waals surface area contributed by atoms with Crippen molar-refractivity contribution in [3.8, 4) is 0 Å². The molecule has 2 atom stereocenters. The Morgan fingerprint density at radius 2 is 2.16 bits per heavy atom. The van der Waals surface area contributed by atoms with Crippen molar-refractivity contribution in [3.05, 3.63) is 12.3 Å². The van der Waals surface area contributed by atoms with E-state index < -0.39 is 0 Å². The van der Waals surface area contributed by atoms with Crippen molar-refractivity contribution in [2.45, 2.75) is 51.9 Å². The lowest BCUT2D eigenvalue weighted by atomic mass is 9.82. The Morgan fingerprint density at radius 3 is 2.74 bits per heavy atom. The van der Waals surface area contributed by atoms with E-state index in [9.17, 15) is 0 Å². The van der Waals surface area contributed by atoms with Gasteiger partial charge in [-0.25, -0.2) is 0 Å². The normalized spacial score (nSPS) is 27.7. The van der Waals surface area contributed by atoms with Gasteiger partial charge < -0.3 is 4.90 Å². The van der Waals surface area contributed by atoms with Crippen molar-refractivity contribution in [1.29, 1.82) is 5.41 Å². The molecule has 0 radical (unpaired) electrons. The minimum atomic E-state index is 0.454. The maximum atomic E-state index is 8.46. The molecule has 1 N–H and O–H groups in total. The number of hydrogen-bond acceptors (Lipinski definition) is 1. The Hall–Kier alpha value is -0.0600. The molecule has 0 bridgehead atoms. The van der Waals surface area contributed by atoms with Crippen LogP contribution in [0.3, 0.4) is 0 Å². The van der Waals surface area contributed by atoms with Crippen molar-refractivity contribution in [2.24, 2.45) is 17.8 Å². The van der Waals surface area contributed by atoms with Gasteiger partial charge in [-0.15, -0.1) is 0 Å². The Bertz CT molecular complexity index is 323. The predicted octanol–water partition coefficient (Wildman–Crippen LogP) is 4.84. The zero-order valence-corrected chi connectivity index (χ0v) is 14.2. The van der Waals surface area contributed by atoms with Crippen LogP contribution < -0.4 is 0 Å². The first-order chi connectivity index (χ1) is 9.26. The molecule has 0 saturated heterocycles. The molecule has 1 fully saturated rings. The highest BCUT2D eigenvalue weighted by molar-refractivity contribution is 14.1. The van der Waals surface area contributed by atoms with Gasteiger partial charge in [-0.1, -0.05) is 61.3 Å². The molecule has 108 valence electrons. The Kier molecular flexibility index (Phi) is 6.17. The molecule has 0 aromatic carbocycles. The van der Waals surface area contributed by atoms with Crippen molar-refractivity contribution in [1.82, 2.24) is 4.90 Å². The van der Waals surface area contributed by atoms with E-state index in [4.69, 9.17) is 5.41 Å². The summed E-state index contributed by atoms with van der Waals surface area (Å²) in [5.74, 6) is 2.91. The predicted molar refractivity (Wildman–Crippen MR) is 90.9 cm³/mol. The zero-order valence-electron chi connectivity index (χ0n) is 12.1. The average Bonchev–Trinajstić information content (AvgIpc) is 2.36. The van der Waals surface area contributed by atoms with Gasteiger partial charge in [-0.2, -0.15) is 0 Å². The number of halogens is 1. The second-order valence-corrected chi connectivity index (χ2v) is 6.95. The monoisotopic (exact) mass is 374 g/mol. The maximum Gasteiger partial charge on any atom is 0.104 e. The van der Waals surface area contributed by atoms with Crippen LogP contribution in [0.25, 0.3) is 0 Å². The lowest BCUT2D eigenvalue weighted by Crippen LogP contribution is -2.39. The van der Waals surface area contributed by atoms with E-state index in [-0.39, 0.29) is 0 Å². The molecule has 1 aliphatic carbocycles. The van der Waals surface area contributed by atoms with E-state index >= 15 is 0 Å². The van der Waals surface area contributed by atoms with Crippen LogP contribution >= 0.6 is 22.6 Å². The van der Waals surface area contributed by atoms with Gasteiger partial charge in [-0.3, -0.25) is 5.41 Å². The van der Waals surface area contributed by atoms with E-state index in [1.807, 2.05) is 0 Å². The summed E-state index contributed by atoms with van der Waals surface area (Å²) in [6, 6.07) is 0. The molecule has 1 aliphatic heterocycles. The molecule has 1 heterocycles. The van der Waals surface area contributed by atoms with E-state index in [1.54, 1.807) is 0 Å². The number of allylic oxidation sites excluding steroid dienone is 1. The molecule has 2 nitrogen and oxygen atoms in total. The Labute approximate surface area is 131 Å². The van der Waals surface area contributed by atoms with Crippen LogP contribution in [0.1, 0.15) is 51.9 Å².